The summed E-state index contributed by atoms with van der Waals surface area (Å²) in [6.45, 7) is -9.74. The molecular weight excluding hydrogens is 554 g/mol. The Balaban J connectivity index is 1.51. The summed E-state index contributed by atoms with van der Waals surface area (Å²) in [5.74, 6) is -1.00. The maximum atomic E-state index is 14.2. The SMILES string of the molecule is [2H]C([2H])([2H])C([2H])([2H])C([2H])([2H])N(C[C@@H](O)[C@H](Cc1ccccc1)NC(=O)O[C@]1([2H])[C@@H]2CCO[C@@H]2OC1([2H])[2H])S(=O)(=O)c1ccc2nc(C)sc2c1. The lowest BCUT2D eigenvalue weighted by molar-refractivity contribution is -0.0907. The molecule has 2 aromatic carbocycles. The summed E-state index contributed by atoms with van der Waals surface area (Å²) in [6, 6.07) is 10.3. The minimum absolute atomic E-state index is 0.0764. The van der Waals surface area contributed by atoms with E-state index in [0.717, 1.165) is 17.4 Å². The fourth-order valence-electron chi connectivity index (χ4n) is 4.53. The summed E-state index contributed by atoms with van der Waals surface area (Å²) in [5, 5.41) is 14.5. The second kappa shape index (κ2) is 12.5. The Morgan fingerprint density at radius 1 is 1.38 bits per heavy atom. The Morgan fingerprint density at radius 2 is 2.20 bits per heavy atom. The highest BCUT2D eigenvalue weighted by molar-refractivity contribution is 7.89. The van der Waals surface area contributed by atoms with E-state index in [9.17, 15) is 18.3 Å². The molecule has 0 saturated carbocycles. The fourth-order valence-corrected chi connectivity index (χ4v) is 6.74. The molecule has 1 aromatic heterocycles. The van der Waals surface area contributed by atoms with Crippen LogP contribution in [0.25, 0.3) is 10.2 Å². The molecule has 216 valence electrons. The lowest BCUT2D eigenvalue weighted by Crippen LogP contribution is -2.51. The first kappa shape index (κ1) is 18.7. The average molecular weight is 600 g/mol. The molecular formula is C28H35N3O7S2. The molecule has 2 aliphatic rings. The van der Waals surface area contributed by atoms with Crippen LogP contribution in [0.15, 0.2) is 53.4 Å². The molecule has 2 saturated heterocycles. The first-order valence-corrected chi connectivity index (χ1v) is 14.7. The highest BCUT2D eigenvalue weighted by atomic mass is 32.2. The quantitative estimate of drug-likeness (QED) is 0.343. The van der Waals surface area contributed by atoms with Gasteiger partial charge in [0.15, 0.2) is 6.29 Å². The third-order valence-electron chi connectivity index (χ3n) is 6.51. The molecule has 3 aromatic rings. The van der Waals surface area contributed by atoms with Gasteiger partial charge < -0.3 is 24.6 Å². The van der Waals surface area contributed by atoms with Crippen LogP contribution in [0.1, 0.15) is 43.9 Å². The maximum Gasteiger partial charge on any atom is 0.407 e. The van der Waals surface area contributed by atoms with Crippen molar-refractivity contribution in [2.24, 2.45) is 5.92 Å². The van der Waals surface area contributed by atoms with Crippen molar-refractivity contribution < 1.29 is 46.2 Å². The predicted molar refractivity (Wildman–Crippen MR) is 151 cm³/mol. The zero-order chi connectivity index (χ0) is 37.1. The van der Waals surface area contributed by atoms with Gasteiger partial charge in [-0.1, -0.05) is 37.2 Å². The number of rotatable bonds is 11. The number of aliphatic hydroxyl groups excluding tert-OH is 1. The Kier molecular flexibility index (Phi) is 5.86. The number of ether oxygens (including phenoxy) is 3. The standard InChI is InChI=1S/C28H35N3O7S2/c1-3-12-31(40(34,35)20-9-10-22-26(15-20)39-18(2)29-22)16-24(32)23(14-19-7-5-4-6-8-19)30-28(33)38-25-17-37-27-21(25)11-13-36-27/h4-10,15,21,23-25,27,32H,3,11-14,16-17H2,1-2H3,(H,30,33)/t21-,23-,24+,25-,27+/m0/s1/i1D3,3D2,12D2,17D2,25D. The zero-order valence-corrected chi connectivity index (χ0v) is 23.0. The van der Waals surface area contributed by atoms with Crippen molar-refractivity contribution in [2.75, 3.05) is 26.2 Å². The fraction of sp³-hybridized carbons (Fsp3) is 0.500. The van der Waals surface area contributed by atoms with E-state index in [1.807, 2.05) is 0 Å². The van der Waals surface area contributed by atoms with Crippen molar-refractivity contribution in [1.29, 1.82) is 0 Å². The van der Waals surface area contributed by atoms with Crippen molar-refractivity contribution >= 4 is 37.7 Å². The number of amides is 1. The number of fused-ring (bicyclic) bond motifs is 2. The van der Waals surface area contributed by atoms with Gasteiger partial charge in [0.25, 0.3) is 0 Å². The molecule has 0 unspecified atom stereocenters. The van der Waals surface area contributed by atoms with Gasteiger partial charge in [-0.2, -0.15) is 4.31 Å². The summed E-state index contributed by atoms with van der Waals surface area (Å²) >= 11 is 1.13. The van der Waals surface area contributed by atoms with Crippen LogP contribution in [0.2, 0.25) is 0 Å². The summed E-state index contributed by atoms with van der Waals surface area (Å²) in [6.07, 6.45) is -11.1. The molecule has 12 heteroatoms. The minimum atomic E-state index is -5.13. The Morgan fingerprint density at radius 3 is 3.00 bits per heavy atom. The molecule has 40 heavy (non-hydrogen) atoms. The van der Waals surface area contributed by atoms with Gasteiger partial charge >= 0.3 is 6.09 Å². The molecule has 0 aliphatic carbocycles. The number of aryl methyl sites for hydroxylation is 1. The Labute approximate surface area is 252 Å². The second-order valence-electron chi connectivity index (χ2n) is 9.25. The van der Waals surface area contributed by atoms with Crippen LogP contribution in [0.4, 0.5) is 4.79 Å². The lowest BCUT2D eigenvalue weighted by Gasteiger charge is -2.30. The van der Waals surface area contributed by atoms with E-state index in [2.05, 4.69) is 10.3 Å². The predicted octanol–water partition coefficient (Wildman–Crippen LogP) is 3.47. The first-order chi connectivity index (χ1) is 23.0. The van der Waals surface area contributed by atoms with Crippen molar-refractivity contribution in [2.45, 2.75) is 62.4 Å². The van der Waals surface area contributed by atoms with Gasteiger partial charge in [0.2, 0.25) is 10.0 Å². The number of hydrogen-bond acceptors (Lipinski definition) is 9. The van der Waals surface area contributed by atoms with Crippen molar-refractivity contribution in [3.63, 3.8) is 0 Å². The summed E-state index contributed by atoms with van der Waals surface area (Å²) in [5.41, 5.74) is 0.923. The number of nitrogens with one attached hydrogen (secondary N) is 1. The molecule has 0 spiro atoms. The van der Waals surface area contributed by atoms with Gasteiger partial charge in [-0.3, -0.25) is 0 Å². The van der Waals surface area contributed by atoms with E-state index < -0.39 is 84.3 Å². The second-order valence-corrected chi connectivity index (χ2v) is 12.3. The summed E-state index contributed by atoms with van der Waals surface area (Å²) in [7, 11) is -5.13. The van der Waals surface area contributed by atoms with Gasteiger partial charge in [0, 0.05) is 22.6 Å². The zero-order valence-electron chi connectivity index (χ0n) is 31.4. The van der Waals surface area contributed by atoms with E-state index in [1.165, 1.54) is 12.1 Å². The van der Waals surface area contributed by atoms with Crippen molar-refractivity contribution in [3.8, 4) is 0 Å². The number of aliphatic hydroxyl groups is 1. The van der Waals surface area contributed by atoms with Crippen LogP contribution in [0.3, 0.4) is 0 Å². The topological polar surface area (TPSA) is 127 Å². The third kappa shape index (κ3) is 6.48. The molecule has 2 fully saturated rings. The number of hydrogen-bond donors (Lipinski definition) is 2. The van der Waals surface area contributed by atoms with Gasteiger partial charge in [-0.25, -0.2) is 18.2 Å². The largest absolute Gasteiger partial charge is 0.443 e. The van der Waals surface area contributed by atoms with E-state index in [0.29, 0.717) is 20.8 Å². The molecule has 5 atom stereocenters. The van der Waals surface area contributed by atoms with Crippen molar-refractivity contribution in [3.05, 3.63) is 59.1 Å². The van der Waals surface area contributed by atoms with Crippen LogP contribution in [-0.4, -0.2) is 79.6 Å². The van der Waals surface area contributed by atoms with Crippen LogP contribution in [0, 0.1) is 12.8 Å². The molecule has 2 N–H and O–H groups in total. The number of alkyl carbamates (subject to hydrolysis) is 1. The highest BCUT2D eigenvalue weighted by Crippen LogP contribution is 2.33. The monoisotopic (exact) mass is 599 g/mol. The number of aromatic nitrogens is 1. The number of benzene rings is 2. The normalized spacial score (nSPS) is 30.2. The number of thiazole rings is 1. The van der Waals surface area contributed by atoms with Crippen LogP contribution in [-0.2, 0) is 30.7 Å². The summed E-state index contributed by atoms with van der Waals surface area (Å²) in [4.78, 5) is 17.1. The van der Waals surface area contributed by atoms with E-state index in [4.69, 9.17) is 27.9 Å². The molecule has 5 rings (SSSR count). The van der Waals surface area contributed by atoms with Crippen LogP contribution < -0.4 is 5.32 Å². The maximum absolute atomic E-state index is 14.2. The van der Waals surface area contributed by atoms with Crippen LogP contribution >= 0.6 is 11.3 Å². The van der Waals surface area contributed by atoms with E-state index >= 15 is 0 Å². The number of carbonyl (C=O) groups excluding carboxylic acids is 1. The molecule has 0 bridgehead atoms. The molecule has 1 amide bonds. The third-order valence-corrected chi connectivity index (χ3v) is 9.11. The number of sulfonamides is 1. The van der Waals surface area contributed by atoms with E-state index in [-0.39, 0.29) is 23.8 Å². The lowest BCUT2D eigenvalue weighted by atomic mass is 10.0. The molecule has 10 nitrogen and oxygen atoms in total. The molecule has 2 aliphatic heterocycles. The average Bonchev–Trinajstić information content (AvgIpc) is 3.67. The molecule has 3 heterocycles. The minimum Gasteiger partial charge on any atom is -0.443 e. The van der Waals surface area contributed by atoms with Gasteiger partial charge in [-0.05, 0) is 49.9 Å². The van der Waals surface area contributed by atoms with Crippen molar-refractivity contribution in [1.82, 2.24) is 14.6 Å². The first-order valence-electron chi connectivity index (χ1n) is 17.4. The van der Waals surface area contributed by atoms with Gasteiger partial charge in [-0.15, -0.1) is 11.3 Å². The van der Waals surface area contributed by atoms with Crippen LogP contribution in [0.5, 0.6) is 0 Å². The number of carbonyl (C=O) groups is 1. The van der Waals surface area contributed by atoms with Gasteiger partial charge in [0.1, 0.15) is 6.08 Å². The Hall–Kier alpha value is -2.61. The number of nitrogens with zero attached hydrogens (tertiary/aromatic N) is 2. The highest BCUT2D eigenvalue weighted by Gasteiger charge is 2.44. The molecule has 0 radical (unpaired) electrons. The van der Waals surface area contributed by atoms with E-state index in [1.54, 1.807) is 37.3 Å². The smallest absolute Gasteiger partial charge is 0.407 e. The Bertz CT molecular complexity index is 1830. The summed E-state index contributed by atoms with van der Waals surface area (Å²) < 4.78 is 126. The van der Waals surface area contributed by atoms with Gasteiger partial charge in [0.05, 0.1) is 55.5 Å².